The van der Waals surface area contributed by atoms with Crippen LogP contribution in [0.4, 0.5) is 4.39 Å². The molecule has 0 bridgehead atoms. The fourth-order valence-corrected chi connectivity index (χ4v) is 3.14. The van der Waals surface area contributed by atoms with E-state index < -0.39 is 6.10 Å². The second-order valence-corrected chi connectivity index (χ2v) is 6.86. The zero-order valence-electron chi connectivity index (χ0n) is 15.9. The van der Waals surface area contributed by atoms with Crippen LogP contribution in [0.15, 0.2) is 64.2 Å². The highest BCUT2D eigenvalue weighted by atomic mass is 19.1. The summed E-state index contributed by atoms with van der Waals surface area (Å²) in [5.41, 5.74) is 2.15. The van der Waals surface area contributed by atoms with E-state index >= 15 is 0 Å². The van der Waals surface area contributed by atoms with Crippen molar-refractivity contribution in [3.8, 4) is 11.5 Å². The standard InChI is InChI=1S/C21H19FN4O3/c1-13-18(14-8-10-16(22)11-9-14)25-29-19(13)21(27)26(2)12-17-23-24-20(28-17)15-6-4-3-5-7-15/h3-11,13,19H,12H2,1-2H3. The molecular formula is C21H19FN4O3. The number of rotatable bonds is 5. The number of hydrogen-bond donors (Lipinski definition) is 0. The minimum absolute atomic E-state index is 0.150. The zero-order chi connectivity index (χ0) is 20.4. The van der Waals surface area contributed by atoms with Crippen molar-refractivity contribution < 1.29 is 18.4 Å². The molecule has 0 spiro atoms. The lowest BCUT2D eigenvalue weighted by molar-refractivity contribution is -0.143. The first kappa shape index (κ1) is 18.8. The highest BCUT2D eigenvalue weighted by molar-refractivity contribution is 6.05. The van der Waals surface area contributed by atoms with Gasteiger partial charge in [0.15, 0.2) is 0 Å². The summed E-state index contributed by atoms with van der Waals surface area (Å²) in [5.74, 6) is -0.141. The summed E-state index contributed by atoms with van der Waals surface area (Å²) in [5, 5.41) is 12.1. The van der Waals surface area contributed by atoms with Crippen LogP contribution in [0, 0.1) is 11.7 Å². The largest absolute Gasteiger partial charge is 0.419 e. The predicted molar refractivity (Wildman–Crippen MR) is 103 cm³/mol. The quantitative estimate of drug-likeness (QED) is 0.663. The third-order valence-electron chi connectivity index (χ3n) is 4.77. The van der Waals surface area contributed by atoms with Gasteiger partial charge in [-0.1, -0.05) is 42.4 Å². The zero-order valence-corrected chi connectivity index (χ0v) is 15.9. The van der Waals surface area contributed by atoms with Crippen molar-refractivity contribution in [2.24, 2.45) is 11.1 Å². The van der Waals surface area contributed by atoms with Gasteiger partial charge in [-0.05, 0) is 29.8 Å². The monoisotopic (exact) mass is 394 g/mol. The van der Waals surface area contributed by atoms with Gasteiger partial charge in [-0.3, -0.25) is 4.79 Å². The molecule has 2 unspecified atom stereocenters. The lowest BCUT2D eigenvalue weighted by Gasteiger charge is -2.20. The van der Waals surface area contributed by atoms with E-state index in [2.05, 4.69) is 15.4 Å². The van der Waals surface area contributed by atoms with Crippen LogP contribution in [0.3, 0.4) is 0 Å². The van der Waals surface area contributed by atoms with Gasteiger partial charge in [0.05, 0.1) is 18.2 Å². The predicted octanol–water partition coefficient (Wildman–Crippen LogP) is 3.27. The first-order valence-corrected chi connectivity index (χ1v) is 9.15. The average molecular weight is 394 g/mol. The second kappa shape index (κ2) is 7.83. The molecule has 3 aromatic rings. The molecule has 148 valence electrons. The van der Waals surface area contributed by atoms with Crippen LogP contribution in [0.1, 0.15) is 18.4 Å². The summed E-state index contributed by atoms with van der Waals surface area (Å²) in [6.07, 6.45) is -0.767. The number of aromatic nitrogens is 2. The van der Waals surface area contributed by atoms with E-state index in [0.717, 1.165) is 11.1 Å². The van der Waals surface area contributed by atoms with Crippen molar-refractivity contribution in [1.29, 1.82) is 0 Å². The molecule has 0 saturated heterocycles. The minimum atomic E-state index is -0.767. The molecule has 0 N–H and O–H groups in total. The number of oxime groups is 1. The summed E-state index contributed by atoms with van der Waals surface area (Å²) in [4.78, 5) is 19.7. The summed E-state index contributed by atoms with van der Waals surface area (Å²) >= 11 is 0. The molecule has 2 atom stereocenters. The Kier molecular flexibility index (Phi) is 5.07. The Labute approximate surface area is 166 Å². The highest BCUT2D eigenvalue weighted by Gasteiger charge is 2.38. The summed E-state index contributed by atoms with van der Waals surface area (Å²) in [7, 11) is 1.64. The molecule has 0 radical (unpaired) electrons. The van der Waals surface area contributed by atoms with Crippen LogP contribution in [-0.2, 0) is 16.2 Å². The van der Waals surface area contributed by atoms with Gasteiger partial charge in [0.25, 0.3) is 5.91 Å². The third kappa shape index (κ3) is 3.87. The average Bonchev–Trinajstić information content (AvgIpc) is 3.35. The van der Waals surface area contributed by atoms with E-state index in [0.29, 0.717) is 17.5 Å². The lowest BCUT2D eigenvalue weighted by Crippen LogP contribution is -2.40. The number of halogens is 1. The molecule has 7 nitrogen and oxygen atoms in total. The van der Waals surface area contributed by atoms with Gasteiger partial charge in [0.2, 0.25) is 17.9 Å². The van der Waals surface area contributed by atoms with Gasteiger partial charge in [-0.2, -0.15) is 0 Å². The Morgan fingerprint density at radius 3 is 2.52 bits per heavy atom. The van der Waals surface area contributed by atoms with E-state index in [9.17, 15) is 9.18 Å². The van der Waals surface area contributed by atoms with Crippen molar-refractivity contribution >= 4 is 11.6 Å². The van der Waals surface area contributed by atoms with Gasteiger partial charge in [-0.15, -0.1) is 10.2 Å². The van der Waals surface area contributed by atoms with E-state index in [4.69, 9.17) is 9.25 Å². The Balaban J connectivity index is 1.41. The maximum Gasteiger partial charge on any atom is 0.267 e. The molecular weight excluding hydrogens is 375 g/mol. The molecule has 1 aromatic heterocycles. The summed E-state index contributed by atoms with van der Waals surface area (Å²) < 4.78 is 18.8. The number of likely N-dealkylation sites (N-methyl/N-ethyl adjacent to an activating group) is 1. The van der Waals surface area contributed by atoms with Gasteiger partial charge in [-0.25, -0.2) is 4.39 Å². The molecule has 2 heterocycles. The number of hydrogen-bond acceptors (Lipinski definition) is 6. The molecule has 29 heavy (non-hydrogen) atoms. The topological polar surface area (TPSA) is 80.8 Å². The van der Waals surface area contributed by atoms with E-state index in [-0.39, 0.29) is 24.2 Å². The summed E-state index contributed by atoms with van der Waals surface area (Å²) in [6, 6.07) is 15.3. The normalized spacial score (nSPS) is 18.2. The van der Waals surface area contributed by atoms with Gasteiger partial charge in [0, 0.05) is 12.6 Å². The summed E-state index contributed by atoms with van der Waals surface area (Å²) in [6.45, 7) is 2.00. The highest BCUT2D eigenvalue weighted by Crippen LogP contribution is 2.25. The second-order valence-electron chi connectivity index (χ2n) is 6.86. The smallest absolute Gasteiger partial charge is 0.267 e. The van der Waals surface area contributed by atoms with Crippen LogP contribution in [0.2, 0.25) is 0 Å². The fraction of sp³-hybridized carbons (Fsp3) is 0.238. The van der Waals surface area contributed by atoms with Crippen LogP contribution in [-0.4, -0.2) is 39.9 Å². The molecule has 0 aliphatic carbocycles. The van der Waals surface area contributed by atoms with Crippen molar-refractivity contribution in [3.05, 3.63) is 71.9 Å². The van der Waals surface area contributed by atoms with Crippen molar-refractivity contribution in [3.63, 3.8) is 0 Å². The van der Waals surface area contributed by atoms with Crippen LogP contribution >= 0.6 is 0 Å². The fourth-order valence-electron chi connectivity index (χ4n) is 3.14. The van der Waals surface area contributed by atoms with Crippen molar-refractivity contribution in [1.82, 2.24) is 15.1 Å². The first-order chi connectivity index (χ1) is 14.0. The maximum absolute atomic E-state index is 13.1. The number of amides is 1. The maximum atomic E-state index is 13.1. The van der Waals surface area contributed by atoms with Gasteiger partial charge < -0.3 is 14.2 Å². The molecule has 2 aromatic carbocycles. The molecule has 1 amide bonds. The van der Waals surface area contributed by atoms with Crippen molar-refractivity contribution in [2.45, 2.75) is 19.6 Å². The SMILES string of the molecule is CC1C(c2ccc(F)cc2)=NOC1C(=O)N(C)Cc1nnc(-c2ccccc2)o1. The molecule has 4 rings (SSSR count). The van der Waals surface area contributed by atoms with Gasteiger partial charge in [0.1, 0.15) is 5.82 Å². The number of carbonyl (C=O) groups excluding carboxylic acids is 1. The number of carbonyl (C=O) groups is 1. The van der Waals surface area contributed by atoms with Gasteiger partial charge >= 0.3 is 0 Å². The van der Waals surface area contributed by atoms with Crippen LogP contribution in [0.25, 0.3) is 11.5 Å². The van der Waals surface area contributed by atoms with E-state index in [1.807, 2.05) is 37.3 Å². The Hall–Kier alpha value is -3.55. The van der Waals surface area contributed by atoms with E-state index in [1.165, 1.54) is 17.0 Å². The molecule has 1 aliphatic heterocycles. The lowest BCUT2D eigenvalue weighted by atomic mass is 9.93. The number of benzene rings is 2. The molecule has 0 saturated carbocycles. The van der Waals surface area contributed by atoms with Crippen LogP contribution in [0.5, 0.6) is 0 Å². The Morgan fingerprint density at radius 1 is 1.07 bits per heavy atom. The molecule has 8 heteroatoms. The Morgan fingerprint density at radius 2 is 1.79 bits per heavy atom. The minimum Gasteiger partial charge on any atom is -0.419 e. The molecule has 1 aliphatic rings. The Bertz CT molecular complexity index is 1030. The number of nitrogens with zero attached hydrogens (tertiary/aromatic N) is 4. The van der Waals surface area contributed by atoms with Crippen LogP contribution < -0.4 is 0 Å². The van der Waals surface area contributed by atoms with Crippen molar-refractivity contribution in [2.75, 3.05) is 7.05 Å². The molecule has 0 fully saturated rings. The van der Waals surface area contributed by atoms with E-state index in [1.54, 1.807) is 19.2 Å². The first-order valence-electron chi connectivity index (χ1n) is 9.15. The third-order valence-corrected chi connectivity index (χ3v) is 4.77.